The van der Waals surface area contributed by atoms with Crippen molar-refractivity contribution in [3.8, 4) is 0 Å². The van der Waals surface area contributed by atoms with Gasteiger partial charge in [0.2, 0.25) is 0 Å². The number of rotatable bonds is 2. The molecule has 0 atom stereocenters. The molecule has 0 aliphatic rings. The van der Waals surface area contributed by atoms with Crippen molar-refractivity contribution in [2.75, 3.05) is 0 Å². The lowest BCUT2D eigenvalue weighted by molar-refractivity contribution is -0.137. The zero-order valence-electron chi connectivity index (χ0n) is 8.21. The zero-order valence-corrected chi connectivity index (χ0v) is 10.4. The maximum absolute atomic E-state index is 13.3. The van der Waals surface area contributed by atoms with E-state index in [9.17, 15) is 22.0 Å². The summed E-state index contributed by atoms with van der Waals surface area (Å²) < 4.78 is 63.6. The Morgan fingerprint density at radius 1 is 1.00 bits per heavy atom. The van der Waals surface area contributed by atoms with Crippen LogP contribution in [0.5, 0.6) is 0 Å². The van der Waals surface area contributed by atoms with E-state index in [1.54, 1.807) is 0 Å². The van der Waals surface area contributed by atoms with Crippen LogP contribution in [0.3, 0.4) is 0 Å². The highest BCUT2D eigenvalue weighted by Crippen LogP contribution is 2.41. The van der Waals surface area contributed by atoms with Crippen LogP contribution >= 0.6 is 20.7 Å². The van der Waals surface area contributed by atoms with Gasteiger partial charge < -0.3 is 0 Å². The van der Waals surface area contributed by atoms with Gasteiger partial charge in [-0.05, 0) is 45.9 Å². The number of benzene rings is 1. The first-order valence-electron chi connectivity index (χ1n) is 4.13. The molecule has 0 aliphatic heterocycles. The van der Waals surface area contributed by atoms with Gasteiger partial charge in [-0.15, -0.1) is 0 Å². The van der Waals surface area contributed by atoms with E-state index in [1.165, 1.54) is 6.92 Å². The van der Waals surface area contributed by atoms with Gasteiger partial charge in [-0.25, -0.2) is 0 Å². The van der Waals surface area contributed by atoms with Crippen LogP contribution in [0.2, 0.25) is 0 Å². The zero-order chi connectivity index (χ0) is 12.6. The normalized spacial score (nSPS) is 12.9. The quantitative estimate of drug-likeness (QED) is 0.420. The van der Waals surface area contributed by atoms with Crippen molar-refractivity contribution in [2.45, 2.75) is 17.0 Å². The van der Waals surface area contributed by atoms with Gasteiger partial charge in [0, 0.05) is 5.56 Å². The predicted octanol–water partition coefficient (Wildman–Crippen LogP) is 4.47. The molecule has 0 unspecified atom stereocenters. The third-order valence-corrected chi connectivity index (χ3v) is 3.48. The highest BCUT2D eigenvalue weighted by molar-refractivity contribution is 14.2. The van der Waals surface area contributed by atoms with Gasteiger partial charge in [-0.1, -0.05) is 10.1 Å². The monoisotopic (exact) mass is 350 g/mol. The molecule has 90 valence electrons. The highest BCUT2D eigenvalue weighted by Gasteiger charge is 2.35. The Labute approximate surface area is 99.2 Å². The summed E-state index contributed by atoms with van der Waals surface area (Å²) in [5.41, 5.74) is -1.47. The molecule has 1 rings (SSSR count). The van der Waals surface area contributed by atoms with E-state index in [1.807, 2.05) is 0 Å². The van der Waals surface area contributed by atoms with Crippen LogP contribution in [0.25, 0.3) is 0 Å². The van der Waals surface area contributed by atoms with Crippen LogP contribution in [-0.2, 0) is 10.1 Å². The second kappa shape index (κ2) is 4.38. The van der Waals surface area contributed by atoms with Gasteiger partial charge >= 0.3 is 10.1 Å². The smallest absolute Gasteiger partial charge is 0.190 e. The van der Waals surface area contributed by atoms with Crippen molar-refractivity contribution in [3.63, 3.8) is 0 Å². The van der Waals surface area contributed by atoms with Crippen molar-refractivity contribution in [1.29, 1.82) is 0 Å². The van der Waals surface area contributed by atoms with Crippen molar-refractivity contribution < 1.29 is 22.0 Å². The van der Waals surface area contributed by atoms with Gasteiger partial charge in [0.1, 0.15) is 0 Å². The molecule has 1 aromatic rings. The average molecular weight is 350 g/mol. The molecule has 6 heteroatoms. The third kappa shape index (κ3) is 2.99. The Balaban J connectivity index is 3.34. The Bertz CT molecular complexity index is 408. The van der Waals surface area contributed by atoms with Gasteiger partial charge in [-0.2, -0.15) is 22.0 Å². The molecule has 0 amide bonds. The average Bonchev–Trinajstić information content (AvgIpc) is 2.15. The van der Waals surface area contributed by atoms with Gasteiger partial charge in [0.15, 0.2) is 0 Å². The molecule has 0 N–H and O–H groups in total. The first-order valence-corrected chi connectivity index (χ1v) is 6.74. The topological polar surface area (TPSA) is 0 Å². The van der Waals surface area contributed by atoms with E-state index >= 15 is 0 Å². The number of halogens is 6. The van der Waals surface area contributed by atoms with Crippen LogP contribution in [0.15, 0.2) is 18.2 Å². The summed E-state index contributed by atoms with van der Waals surface area (Å²) in [6.45, 7) is 1.36. The molecule has 0 aromatic heterocycles. The molecule has 0 fully saturated rings. The van der Waals surface area contributed by atoms with E-state index in [-0.39, 0.29) is 5.56 Å². The lowest BCUT2D eigenvalue weighted by Gasteiger charge is -2.15. The maximum Gasteiger partial charge on any atom is 0.416 e. The summed E-state index contributed by atoms with van der Waals surface area (Å²) in [6, 6.07) is 2.42. The minimum atomic E-state index is -4.60. The number of hydrogen-bond donors (Lipinski definition) is 0. The molecule has 0 spiro atoms. The van der Waals surface area contributed by atoms with Crippen LogP contribution in [0.1, 0.15) is 16.7 Å². The van der Waals surface area contributed by atoms with E-state index in [0.29, 0.717) is 6.07 Å². The minimum Gasteiger partial charge on any atom is -0.190 e. The second-order valence-electron chi connectivity index (χ2n) is 3.22. The Morgan fingerprint density at radius 3 is 1.94 bits per heavy atom. The predicted molar refractivity (Wildman–Crippen MR) is 61.2 cm³/mol. The standard InChI is InChI=1S/C10H8F5I/c1-6-3-7(9(11,12)13)5-8(4-6)10(14,15)16-2/h3-5H,2H2,1H3. The fourth-order valence-electron chi connectivity index (χ4n) is 1.19. The molecule has 16 heavy (non-hydrogen) atoms. The molecule has 0 radical (unpaired) electrons. The molecule has 0 saturated carbocycles. The lowest BCUT2D eigenvalue weighted by atomic mass is 10.1. The number of hydrogen-bond acceptors (Lipinski definition) is 0. The van der Waals surface area contributed by atoms with E-state index < -0.39 is 42.0 Å². The maximum atomic E-state index is 13.3. The highest BCUT2D eigenvalue weighted by atomic mass is 127. The molecule has 1 aromatic carbocycles. The Morgan fingerprint density at radius 2 is 1.50 bits per heavy atom. The van der Waals surface area contributed by atoms with Crippen molar-refractivity contribution in [3.05, 3.63) is 34.9 Å². The van der Waals surface area contributed by atoms with Crippen LogP contribution in [0, 0.1) is 6.92 Å². The molecule has 0 saturated heterocycles. The van der Waals surface area contributed by atoms with E-state index in [2.05, 4.69) is 4.51 Å². The van der Waals surface area contributed by atoms with Gasteiger partial charge in [0.25, 0.3) is 0 Å². The Hall–Kier alpha value is -0.530. The van der Waals surface area contributed by atoms with Crippen LogP contribution in [-0.4, -0.2) is 4.51 Å². The molecule has 0 aliphatic carbocycles. The van der Waals surface area contributed by atoms with E-state index in [4.69, 9.17) is 0 Å². The second-order valence-corrected chi connectivity index (χ2v) is 5.33. The molecular formula is C10H8F5I. The lowest BCUT2D eigenvalue weighted by Crippen LogP contribution is -2.10. The summed E-state index contributed by atoms with van der Waals surface area (Å²) >= 11 is -1.73. The molecule has 0 nitrogen and oxygen atoms in total. The van der Waals surface area contributed by atoms with E-state index in [0.717, 1.165) is 12.1 Å². The van der Waals surface area contributed by atoms with Crippen molar-refractivity contribution >= 4 is 25.2 Å². The van der Waals surface area contributed by atoms with Crippen LogP contribution in [0.4, 0.5) is 22.0 Å². The van der Waals surface area contributed by atoms with Crippen LogP contribution < -0.4 is 0 Å². The first kappa shape index (κ1) is 13.5. The molecule has 0 bridgehead atoms. The molecule has 0 heterocycles. The fraction of sp³-hybridized carbons (Fsp3) is 0.300. The minimum absolute atomic E-state index is 0.168. The summed E-state index contributed by atoms with van der Waals surface area (Å²) in [7, 11) is 0. The van der Waals surface area contributed by atoms with Crippen molar-refractivity contribution in [2.24, 2.45) is 0 Å². The fourth-order valence-corrected chi connectivity index (χ4v) is 1.94. The third-order valence-electron chi connectivity index (χ3n) is 1.90. The summed E-state index contributed by atoms with van der Waals surface area (Å²) in [5, 5.41) is 0. The Kier molecular flexibility index (Phi) is 3.71. The van der Waals surface area contributed by atoms with Gasteiger partial charge in [-0.3, -0.25) is 0 Å². The SMILES string of the molecule is C=IC(F)(F)c1cc(C)cc(C(F)(F)F)c1. The van der Waals surface area contributed by atoms with Crippen molar-refractivity contribution in [1.82, 2.24) is 0 Å². The van der Waals surface area contributed by atoms with Gasteiger partial charge in [0.05, 0.1) is 5.56 Å². The largest absolute Gasteiger partial charge is 0.416 e. The summed E-state index contributed by atoms with van der Waals surface area (Å²) in [4.78, 5) is 0. The summed E-state index contributed by atoms with van der Waals surface area (Å²) in [6.07, 6.45) is -4.60. The number of aryl methyl sites for hydroxylation is 1. The molecular weight excluding hydrogens is 342 g/mol. The first-order chi connectivity index (χ1) is 7.16. The number of alkyl halides is 6. The summed E-state index contributed by atoms with van der Waals surface area (Å²) in [5.74, 6) is 0.